The number of para-hydroxylation sites is 1. The molecule has 0 radical (unpaired) electrons. The molecule has 4 heteroatoms. The second-order valence-electron chi connectivity index (χ2n) is 4.11. The molecule has 3 aromatic rings. The van der Waals surface area contributed by atoms with Crippen molar-refractivity contribution in [3.05, 3.63) is 46.4 Å². The van der Waals surface area contributed by atoms with E-state index in [2.05, 4.69) is 20.9 Å². The van der Waals surface area contributed by atoms with E-state index >= 15 is 0 Å². The summed E-state index contributed by atoms with van der Waals surface area (Å²) in [7, 11) is 0. The fraction of sp³-hybridized carbons (Fsp3) is 0.0714. The third kappa shape index (κ3) is 1.78. The van der Waals surface area contributed by atoms with E-state index in [0.717, 1.165) is 26.7 Å². The standard InChI is InChI=1S/C14H10BrNO2/c1-8-7-9(17)5-6-10(8)14-16-12-4-2-3-11(15)13(12)18-14/h2-7,17H,1H3. The molecule has 3 nitrogen and oxygen atoms in total. The van der Waals surface area contributed by atoms with Gasteiger partial charge in [-0.15, -0.1) is 0 Å². The number of phenolic OH excluding ortho intramolecular Hbond substituents is 1. The molecular formula is C14H10BrNO2. The first-order valence-electron chi connectivity index (χ1n) is 5.50. The van der Waals surface area contributed by atoms with Crippen LogP contribution in [0.15, 0.2) is 45.3 Å². The van der Waals surface area contributed by atoms with Crippen LogP contribution in [0, 0.1) is 6.92 Å². The summed E-state index contributed by atoms with van der Waals surface area (Å²) in [5.74, 6) is 0.808. The number of aromatic nitrogens is 1. The van der Waals surface area contributed by atoms with E-state index in [1.54, 1.807) is 12.1 Å². The third-order valence-electron chi connectivity index (χ3n) is 2.81. The molecule has 0 spiro atoms. The molecule has 0 aliphatic carbocycles. The van der Waals surface area contributed by atoms with Gasteiger partial charge in [0, 0.05) is 5.56 Å². The lowest BCUT2D eigenvalue weighted by Crippen LogP contribution is -1.82. The lowest BCUT2D eigenvalue weighted by atomic mass is 10.1. The van der Waals surface area contributed by atoms with Crippen molar-refractivity contribution in [1.82, 2.24) is 4.98 Å². The van der Waals surface area contributed by atoms with Crippen LogP contribution >= 0.6 is 15.9 Å². The molecule has 0 aliphatic rings. The minimum absolute atomic E-state index is 0.244. The smallest absolute Gasteiger partial charge is 0.227 e. The van der Waals surface area contributed by atoms with Crippen molar-refractivity contribution in [1.29, 1.82) is 0 Å². The van der Waals surface area contributed by atoms with E-state index in [0.29, 0.717) is 5.89 Å². The van der Waals surface area contributed by atoms with Crippen LogP contribution in [0.25, 0.3) is 22.6 Å². The zero-order chi connectivity index (χ0) is 12.7. The van der Waals surface area contributed by atoms with Gasteiger partial charge >= 0.3 is 0 Å². The van der Waals surface area contributed by atoms with Gasteiger partial charge in [-0.3, -0.25) is 0 Å². The highest BCUT2D eigenvalue weighted by molar-refractivity contribution is 9.10. The molecule has 0 amide bonds. The van der Waals surface area contributed by atoms with Gasteiger partial charge in [0.15, 0.2) is 5.58 Å². The third-order valence-corrected chi connectivity index (χ3v) is 3.43. The maximum Gasteiger partial charge on any atom is 0.227 e. The number of hydrogen-bond donors (Lipinski definition) is 1. The number of aromatic hydroxyl groups is 1. The van der Waals surface area contributed by atoms with Gasteiger partial charge in [0.05, 0.1) is 4.47 Å². The number of aryl methyl sites for hydroxylation is 1. The summed E-state index contributed by atoms with van der Waals surface area (Å²) in [6, 6.07) is 10.9. The van der Waals surface area contributed by atoms with E-state index in [9.17, 15) is 5.11 Å². The van der Waals surface area contributed by atoms with Crippen molar-refractivity contribution in [2.45, 2.75) is 6.92 Å². The Kier molecular flexibility index (Phi) is 2.59. The van der Waals surface area contributed by atoms with Crippen molar-refractivity contribution < 1.29 is 9.52 Å². The van der Waals surface area contributed by atoms with Crippen molar-refractivity contribution in [3.8, 4) is 17.2 Å². The second kappa shape index (κ2) is 4.14. The van der Waals surface area contributed by atoms with Crippen molar-refractivity contribution in [2.24, 2.45) is 0 Å². The van der Waals surface area contributed by atoms with E-state index in [1.165, 1.54) is 0 Å². The normalized spacial score (nSPS) is 11.0. The van der Waals surface area contributed by atoms with Gasteiger partial charge in [-0.25, -0.2) is 4.98 Å². The highest BCUT2D eigenvalue weighted by atomic mass is 79.9. The Morgan fingerprint density at radius 1 is 1.22 bits per heavy atom. The van der Waals surface area contributed by atoms with Crippen molar-refractivity contribution >= 4 is 27.0 Å². The molecular weight excluding hydrogens is 294 g/mol. The van der Waals surface area contributed by atoms with E-state index < -0.39 is 0 Å². The average molecular weight is 304 g/mol. The molecule has 1 heterocycles. The molecule has 18 heavy (non-hydrogen) atoms. The molecule has 0 bridgehead atoms. The number of fused-ring (bicyclic) bond motifs is 1. The Labute approximate surface area is 112 Å². The summed E-state index contributed by atoms with van der Waals surface area (Å²) < 4.78 is 6.65. The summed E-state index contributed by atoms with van der Waals surface area (Å²) in [6.45, 7) is 1.92. The fourth-order valence-electron chi connectivity index (χ4n) is 1.92. The van der Waals surface area contributed by atoms with Crippen LogP contribution in [-0.4, -0.2) is 10.1 Å². The largest absolute Gasteiger partial charge is 0.508 e. The SMILES string of the molecule is Cc1cc(O)ccc1-c1nc2cccc(Br)c2o1. The quantitative estimate of drug-likeness (QED) is 0.730. The Balaban J connectivity index is 2.23. The number of nitrogens with zero attached hydrogens (tertiary/aromatic N) is 1. The van der Waals surface area contributed by atoms with E-state index in [4.69, 9.17) is 4.42 Å². The van der Waals surface area contributed by atoms with Gasteiger partial charge in [-0.05, 0) is 58.7 Å². The number of rotatable bonds is 1. The molecule has 3 rings (SSSR count). The molecule has 1 N–H and O–H groups in total. The lowest BCUT2D eigenvalue weighted by molar-refractivity contribution is 0.475. The Morgan fingerprint density at radius 3 is 2.78 bits per heavy atom. The first-order valence-corrected chi connectivity index (χ1v) is 6.29. The predicted octanol–water partition coefficient (Wildman–Crippen LogP) is 4.27. The number of hydrogen-bond acceptors (Lipinski definition) is 3. The molecule has 0 atom stereocenters. The van der Waals surface area contributed by atoms with Gasteiger partial charge in [0.2, 0.25) is 5.89 Å². The summed E-state index contributed by atoms with van der Waals surface area (Å²) in [6.07, 6.45) is 0. The van der Waals surface area contributed by atoms with E-state index in [-0.39, 0.29) is 5.75 Å². The molecule has 0 fully saturated rings. The molecule has 0 unspecified atom stereocenters. The fourth-order valence-corrected chi connectivity index (χ4v) is 2.36. The molecule has 2 aromatic carbocycles. The van der Waals surface area contributed by atoms with Crippen LogP contribution in [0.5, 0.6) is 5.75 Å². The van der Waals surface area contributed by atoms with Crippen LogP contribution in [0.1, 0.15) is 5.56 Å². The summed E-state index contributed by atoms with van der Waals surface area (Å²) in [4.78, 5) is 4.46. The number of benzene rings is 2. The van der Waals surface area contributed by atoms with Crippen LogP contribution in [0.4, 0.5) is 0 Å². The molecule has 1 aromatic heterocycles. The van der Waals surface area contributed by atoms with E-state index in [1.807, 2.05) is 31.2 Å². The predicted molar refractivity (Wildman–Crippen MR) is 73.5 cm³/mol. The zero-order valence-corrected chi connectivity index (χ0v) is 11.2. The van der Waals surface area contributed by atoms with Gasteiger partial charge < -0.3 is 9.52 Å². The van der Waals surface area contributed by atoms with Crippen LogP contribution in [0.2, 0.25) is 0 Å². The van der Waals surface area contributed by atoms with Gasteiger partial charge in [-0.2, -0.15) is 0 Å². The summed E-state index contributed by atoms with van der Waals surface area (Å²) in [5, 5.41) is 9.41. The molecule has 0 saturated heterocycles. The van der Waals surface area contributed by atoms with Gasteiger partial charge in [0.1, 0.15) is 11.3 Å². The number of oxazole rings is 1. The van der Waals surface area contributed by atoms with Crippen LogP contribution in [0.3, 0.4) is 0 Å². The molecule has 0 aliphatic heterocycles. The Morgan fingerprint density at radius 2 is 2.06 bits per heavy atom. The maximum atomic E-state index is 9.41. The minimum Gasteiger partial charge on any atom is -0.508 e. The van der Waals surface area contributed by atoms with Crippen LogP contribution < -0.4 is 0 Å². The Hall–Kier alpha value is -1.81. The second-order valence-corrected chi connectivity index (χ2v) is 4.96. The first-order chi connectivity index (χ1) is 8.65. The van der Waals surface area contributed by atoms with Crippen molar-refractivity contribution in [3.63, 3.8) is 0 Å². The molecule has 0 saturated carbocycles. The zero-order valence-electron chi connectivity index (χ0n) is 9.64. The Bertz CT molecular complexity index is 734. The average Bonchev–Trinajstić information content (AvgIpc) is 2.74. The van der Waals surface area contributed by atoms with Crippen LogP contribution in [-0.2, 0) is 0 Å². The molecule has 90 valence electrons. The topological polar surface area (TPSA) is 46.3 Å². The lowest BCUT2D eigenvalue weighted by Gasteiger charge is -2.01. The summed E-state index contributed by atoms with van der Waals surface area (Å²) >= 11 is 3.44. The highest BCUT2D eigenvalue weighted by Crippen LogP contribution is 2.31. The van der Waals surface area contributed by atoms with Crippen molar-refractivity contribution in [2.75, 3.05) is 0 Å². The van der Waals surface area contributed by atoms with Gasteiger partial charge in [0.25, 0.3) is 0 Å². The number of phenols is 1. The first kappa shape index (κ1) is 11.3. The summed E-state index contributed by atoms with van der Waals surface area (Å²) in [5.41, 5.74) is 3.36. The van der Waals surface area contributed by atoms with Gasteiger partial charge in [-0.1, -0.05) is 6.07 Å². The maximum absolute atomic E-state index is 9.41. The highest BCUT2D eigenvalue weighted by Gasteiger charge is 2.12. The minimum atomic E-state index is 0.244. The monoisotopic (exact) mass is 303 g/mol. The number of halogens is 1.